The number of nitrogens with zero attached hydrogens (tertiary/aromatic N) is 2. The minimum Gasteiger partial charge on any atom is -0.487 e. The summed E-state index contributed by atoms with van der Waals surface area (Å²) in [6.45, 7) is 5.86. The van der Waals surface area contributed by atoms with Gasteiger partial charge in [0.15, 0.2) is 0 Å². The highest BCUT2D eigenvalue weighted by atomic mass is 32.1. The number of rotatable bonds is 7. The van der Waals surface area contributed by atoms with Crippen molar-refractivity contribution < 1.29 is 19.1 Å². The molecule has 4 rings (SSSR count). The van der Waals surface area contributed by atoms with Crippen molar-refractivity contribution in [2.24, 2.45) is 0 Å². The molecule has 0 radical (unpaired) electrons. The Hall–Kier alpha value is -3.23. The van der Waals surface area contributed by atoms with Crippen LogP contribution in [0.1, 0.15) is 45.8 Å². The third-order valence-corrected chi connectivity index (χ3v) is 5.96. The highest BCUT2D eigenvalue weighted by Crippen LogP contribution is 2.17. The highest BCUT2D eigenvalue weighted by molar-refractivity contribution is 7.07. The number of carbonyl (C=O) groups excluding carboxylic acids is 2. The maximum Gasteiger partial charge on any atom is 0.254 e. The van der Waals surface area contributed by atoms with Crippen LogP contribution in [-0.2, 0) is 17.9 Å². The third-order valence-electron chi connectivity index (χ3n) is 5.33. The normalized spacial score (nSPS) is 18.1. The Balaban J connectivity index is 1.30. The smallest absolute Gasteiger partial charge is 0.254 e. The molecule has 33 heavy (non-hydrogen) atoms. The molecule has 7 nitrogen and oxygen atoms in total. The Labute approximate surface area is 197 Å². The lowest BCUT2D eigenvalue weighted by Gasteiger charge is -2.35. The molecule has 3 aromatic rings. The molecule has 2 aromatic carbocycles. The highest BCUT2D eigenvalue weighted by Gasteiger charge is 2.26. The molecule has 0 bridgehead atoms. The summed E-state index contributed by atoms with van der Waals surface area (Å²) in [6.07, 6.45) is 0.0618. The Morgan fingerprint density at radius 2 is 1.88 bits per heavy atom. The molecular weight excluding hydrogens is 438 g/mol. The molecule has 0 spiro atoms. The maximum absolute atomic E-state index is 12.8. The van der Waals surface area contributed by atoms with Gasteiger partial charge in [0.25, 0.3) is 11.8 Å². The number of amides is 2. The summed E-state index contributed by atoms with van der Waals surface area (Å²) >= 11 is 1.52. The second-order valence-electron chi connectivity index (χ2n) is 8.14. The van der Waals surface area contributed by atoms with Crippen LogP contribution in [0.2, 0.25) is 0 Å². The van der Waals surface area contributed by atoms with Gasteiger partial charge in [-0.2, -0.15) is 0 Å². The van der Waals surface area contributed by atoms with E-state index < -0.39 is 0 Å². The van der Waals surface area contributed by atoms with Crippen LogP contribution in [0.3, 0.4) is 0 Å². The maximum atomic E-state index is 12.8. The van der Waals surface area contributed by atoms with E-state index in [9.17, 15) is 9.59 Å². The Morgan fingerprint density at radius 1 is 1.12 bits per heavy atom. The van der Waals surface area contributed by atoms with Crippen LogP contribution in [0.5, 0.6) is 5.75 Å². The topological polar surface area (TPSA) is 80.8 Å². The van der Waals surface area contributed by atoms with Crippen LogP contribution in [0, 0.1) is 0 Å². The predicted octanol–water partition coefficient (Wildman–Crippen LogP) is 3.90. The van der Waals surface area contributed by atoms with Crippen molar-refractivity contribution in [1.82, 2.24) is 15.2 Å². The van der Waals surface area contributed by atoms with E-state index >= 15 is 0 Å². The van der Waals surface area contributed by atoms with E-state index in [-0.39, 0.29) is 24.0 Å². The van der Waals surface area contributed by atoms with Crippen molar-refractivity contribution in [2.45, 2.75) is 39.2 Å². The first-order chi connectivity index (χ1) is 16.0. The molecule has 2 heterocycles. The van der Waals surface area contributed by atoms with Crippen LogP contribution in [0.25, 0.3) is 0 Å². The molecule has 172 valence electrons. The fraction of sp³-hybridized carbons (Fsp3) is 0.320. The summed E-state index contributed by atoms with van der Waals surface area (Å²) in [5.74, 6) is 0.429. The molecule has 8 heteroatoms. The van der Waals surface area contributed by atoms with E-state index in [0.717, 1.165) is 11.3 Å². The summed E-state index contributed by atoms with van der Waals surface area (Å²) in [7, 11) is 0. The third kappa shape index (κ3) is 6.18. The summed E-state index contributed by atoms with van der Waals surface area (Å²) in [4.78, 5) is 31.4. The predicted molar refractivity (Wildman–Crippen MR) is 126 cm³/mol. The van der Waals surface area contributed by atoms with Gasteiger partial charge in [0, 0.05) is 36.1 Å². The van der Waals surface area contributed by atoms with E-state index in [0.29, 0.717) is 43.1 Å². The number of benzene rings is 2. The Bertz CT molecular complexity index is 1080. The van der Waals surface area contributed by atoms with Gasteiger partial charge in [-0.05, 0) is 49.7 Å². The van der Waals surface area contributed by atoms with Crippen molar-refractivity contribution in [2.75, 3.05) is 13.1 Å². The summed E-state index contributed by atoms with van der Waals surface area (Å²) < 4.78 is 11.4. The molecule has 1 fully saturated rings. The first-order valence-corrected chi connectivity index (χ1v) is 11.8. The lowest BCUT2D eigenvalue weighted by molar-refractivity contribution is -0.0586. The van der Waals surface area contributed by atoms with Crippen molar-refractivity contribution in [3.05, 3.63) is 81.8 Å². The number of hydrogen-bond acceptors (Lipinski definition) is 6. The molecule has 1 aliphatic heterocycles. The second kappa shape index (κ2) is 10.6. The molecule has 0 aliphatic carbocycles. The van der Waals surface area contributed by atoms with E-state index in [1.165, 1.54) is 11.3 Å². The fourth-order valence-electron chi connectivity index (χ4n) is 3.77. The minimum absolute atomic E-state index is 0.00190. The SMILES string of the molecule is CC1CN(C(=O)c2ccc(CNC(=O)c3cccc(OCc4cscn4)c3)cc2)CC(C)O1. The van der Waals surface area contributed by atoms with E-state index in [1.807, 2.05) is 54.5 Å². The lowest BCUT2D eigenvalue weighted by atomic mass is 10.1. The zero-order valence-corrected chi connectivity index (χ0v) is 19.5. The number of ether oxygens (including phenoxy) is 2. The van der Waals surface area contributed by atoms with Crippen molar-refractivity contribution >= 4 is 23.2 Å². The summed E-state index contributed by atoms with van der Waals surface area (Å²) in [5, 5.41) is 4.85. The van der Waals surface area contributed by atoms with Crippen LogP contribution < -0.4 is 10.1 Å². The van der Waals surface area contributed by atoms with Crippen LogP contribution in [-0.4, -0.2) is 47.0 Å². The Kier molecular flexibility index (Phi) is 7.36. The van der Waals surface area contributed by atoms with Gasteiger partial charge in [0.1, 0.15) is 12.4 Å². The number of hydrogen-bond donors (Lipinski definition) is 1. The van der Waals surface area contributed by atoms with Gasteiger partial charge in [-0.3, -0.25) is 9.59 Å². The largest absolute Gasteiger partial charge is 0.487 e. The average Bonchev–Trinajstić information content (AvgIpc) is 3.34. The second-order valence-corrected chi connectivity index (χ2v) is 8.86. The zero-order valence-electron chi connectivity index (χ0n) is 18.7. The van der Waals surface area contributed by atoms with Gasteiger partial charge in [0.2, 0.25) is 0 Å². The standard InChI is InChI=1S/C25H27N3O4S/c1-17-12-28(13-18(2)32-17)25(30)20-8-6-19(7-9-20)11-26-24(29)21-4-3-5-23(10-21)31-14-22-15-33-16-27-22/h3-10,15-18H,11-14H2,1-2H3,(H,26,29). The van der Waals surface area contributed by atoms with Gasteiger partial charge in [-0.15, -0.1) is 11.3 Å². The zero-order chi connectivity index (χ0) is 23.2. The van der Waals surface area contributed by atoms with Crippen LogP contribution in [0.4, 0.5) is 0 Å². The van der Waals surface area contributed by atoms with Crippen LogP contribution >= 0.6 is 11.3 Å². The average molecular weight is 466 g/mol. The van der Waals surface area contributed by atoms with Crippen molar-refractivity contribution in [3.8, 4) is 5.75 Å². The molecular formula is C25H27N3O4S. The van der Waals surface area contributed by atoms with E-state index in [1.54, 1.807) is 23.7 Å². The molecule has 1 aromatic heterocycles. The molecule has 2 unspecified atom stereocenters. The summed E-state index contributed by atoms with van der Waals surface area (Å²) in [6, 6.07) is 14.4. The molecule has 1 saturated heterocycles. The number of carbonyl (C=O) groups is 2. The van der Waals surface area contributed by atoms with Gasteiger partial charge < -0.3 is 19.7 Å². The first-order valence-electron chi connectivity index (χ1n) is 10.9. The molecule has 2 atom stereocenters. The molecule has 1 N–H and O–H groups in total. The number of aromatic nitrogens is 1. The number of morpholine rings is 1. The number of nitrogens with one attached hydrogen (secondary N) is 1. The van der Waals surface area contributed by atoms with Crippen LogP contribution in [0.15, 0.2) is 59.4 Å². The molecule has 0 saturated carbocycles. The quantitative estimate of drug-likeness (QED) is 0.572. The minimum atomic E-state index is -0.189. The first kappa shape index (κ1) is 22.9. The molecule has 2 amide bonds. The van der Waals surface area contributed by atoms with Gasteiger partial charge in [0.05, 0.1) is 23.4 Å². The number of thiazole rings is 1. The van der Waals surface area contributed by atoms with E-state index in [4.69, 9.17) is 9.47 Å². The van der Waals surface area contributed by atoms with E-state index in [2.05, 4.69) is 10.3 Å². The van der Waals surface area contributed by atoms with Gasteiger partial charge in [-0.1, -0.05) is 18.2 Å². The fourth-order valence-corrected chi connectivity index (χ4v) is 4.31. The van der Waals surface area contributed by atoms with Gasteiger partial charge >= 0.3 is 0 Å². The van der Waals surface area contributed by atoms with Crippen molar-refractivity contribution in [3.63, 3.8) is 0 Å². The molecule has 1 aliphatic rings. The Morgan fingerprint density at radius 3 is 2.58 bits per heavy atom. The van der Waals surface area contributed by atoms with Gasteiger partial charge in [-0.25, -0.2) is 4.98 Å². The van der Waals surface area contributed by atoms with Crippen molar-refractivity contribution in [1.29, 1.82) is 0 Å². The summed E-state index contributed by atoms with van der Waals surface area (Å²) in [5.41, 5.74) is 4.69. The lowest BCUT2D eigenvalue weighted by Crippen LogP contribution is -2.48. The monoisotopic (exact) mass is 465 g/mol.